The maximum absolute atomic E-state index is 12.5. The number of ether oxygens (including phenoxy) is 1. The van der Waals surface area contributed by atoms with Crippen LogP contribution in [0.4, 0.5) is 13.2 Å². The van der Waals surface area contributed by atoms with Gasteiger partial charge in [-0.25, -0.2) is 4.98 Å². The monoisotopic (exact) mass is 282 g/mol. The number of thiazole rings is 1. The Bertz CT molecular complexity index is 367. The Hall–Kier alpha value is -0.660. The van der Waals surface area contributed by atoms with Crippen LogP contribution in [0, 0.1) is 0 Å². The second kappa shape index (κ2) is 6.49. The summed E-state index contributed by atoms with van der Waals surface area (Å²) < 4.78 is 42.8. The summed E-state index contributed by atoms with van der Waals surface area (Å²) >= 11 is 0.663. The maximum Gasteiger partial charge on any atom is 0.443 e. The average Bonchev–Trinajstić information content (AvgIpc) is 2.78. The van der Waals surface area contributed by atoms with Crippen LogP contribution in [0.25, 0.3) is 0 Å². The number of methoxy groups -OCH3 is 1. The lowest BCUT2D eigenvalue weighted by molar-refractivity contribution is -0.137. The van der Waals surface area contributed by atoms with Gasteiger partial charge in [0.15, 0.2) is 5.01 Å². The molecular formula is C11H17F3N2OS. The summed E-state index contributed by atoms with van der Waals surface area (Å²) in [5.41, 5.74) is 0. The Balaban J connectivity index is 2.91. The maximum atomic E-state index is 12.5. The van der Waals surface area contributed by atoms with Crippen molar-refractivity contribution in [3.05, 3.63) is 16.1 Å². The van der Waals surface area contributed by atoms with E-state index in [2.05, 4.69) is 10.3 Å². The topological polar surface area (TPSA) is 34.1 Å². The predicted molar refractivity (Wildman–Crippen MR) is 64.6 cm³/mol. The van der Waals surface area contributed by atoms with Crippen molar-refractivity contribution in [1.29, 1.82) is 0 Å². The molecule has 0 fully saturated rings. The van der Waals surface area contributed by atoms with E-state index in [1.165, 1.54) is 6.20 Å². The van der Waals surface area contributed by atoms with Crippen molar-refractivity contribution in [1.82, 2.24) is 10.3 Å². The number of hydrogen-bond donors (Lipinski definition) is 1. The van der Waals surface area contributed by atoms with E-state index in [-0.39, 0.29) is 12.1 Å². The van der Waals surface area contributed by atoms with Gasteiger partial charge in [-0.05, 0) is 13.5 Å². The highest BCUT2D eigenvalue weighted by Crippen LogP contribution is 2.35. The second-order valence-electron chi connectivity index (χ2n) is 3.89. The Morgan fingerprint density at radius 1 is 1.50 bits per heavy atom. The highest BCUT2D eigenvalue weighted by molar-refractivity contribution is 7.11. The zero-order valence-electron chi connectivity index (χ0n) is 10.5. The van der Waals surface area contributed by atoms with Gasteiger partial charge in [0.05, 0.1) is 12.1 Å². The molecule has 1 N–H and O–H groups in total. The molecule has 0 amide bonds. The molecule has 1 aromatic rings. The molecule has 0 saturated carbocycles. The van der Waals surface area contributed by atoms with E-state index in [1.54, 1.807) is 14.2 Å². The normalized spacial score (nSPS) is 15.7. The van der Waals surface area contributed by atoms with Crippen molar-refractivity contribution < 1.29 is 17.9 Å². The highest BCUT2D eigenvalue weighted by Gasteiger charge is 2.36. The number of hydrogen-bond acceptors (Lipinski definition) is 4. The van der Waals surface area contributed by atoms with Gasteiger partial charge >= 0.3 is 6.18 Å². The molecule has 0 radical (unpaired) electrons. The van der Waals surface area contributed by atoms with Crippen molar-refractivity contribution in [3.8, 4) is 0 Å². The van der Waals surface area contributed by atoms with Crippen molar-refractivity contribution in [3.63, 3.8) is 0 Å². The summed E-state index contributed by atoms with van der Waals surface area (Å²) in [6.45, 7) is 2.01. The van der Waals surface area contributed by atoms with Crippen molar-refractivity contribution in [2.75, 3.05) is 14.2 Å². The number of aromatic nitrogens is 1. The third-order valence-electron chi connectivity index (χ3n) is 2.63. The summed E-state index contributed by atoms with van der Waals surface area (Å²) in [6, 6.07) is -0.261. The third-order valence-corrected chi connectivity index (χ3v) is 3.76. The van der Waals surface area contributed by atoms with Crippen LogP contribution in [-0.4, -0.2) is 25.2 Å². The van der Waals surface area contributed by atoms with Crippen LogP contribution in [0.1, 0.15) is 35.7 Å². The lowest BCUT2D eigenvalue weighted by Gasteiger charge is -2.24. The summed E-state index contributed by atoms with van der Waals surface area (Å²) in [6.07, 6.45) is -1.57. The van der Waals surface area contributed by atoms with Crippen molar-refractivity contribution in [2.24, 2.45) is 0 Å². The molecule has 0 aliphatic carbocycles. The lowest BCUT2D eigenvalue weighted by atomic mass is 10.1. The molecule has 0 saturated heterocycles. The molecule has 7 heteroatoms. The van der Waals surface area contributed by atoms with Crippen LogP contribution in [0.5, 0.6) is 0 Å². The van der Waals surface area contributed by atoms with E-state index >= 15 is 0 Å². The first-order valence-electron chi connectivity index (χ1n) is 5.67. The fraction of sp³-hybridized carbons (Fsp3) is 0.727. The minimum Gasteiger partial charge on any atom is -0.379 e. The fourth-order valence-electron chi connectivity index (χ4n) is 1.78. The van der Waals surface area contributed by atoms with E-state index in [1.807, 2.05) is 6.92 Å². The van der Waals surface area contributed by atoms with E-state index in [4.69, 9.17) is 4.74 Å². The van der Waals surface area contributed by atoms with Gasteiger partial charge in [-0.2, -0.15) is 13.2 Å². The van der Waals surface area contributed by atoms with Gasteiger partial charge in [-0.1, -0.05) is 13.3 Å². The van der Waals surface area contributed by atoms with Gasteiger partial charge in [0.2, 0.25) is 0 Å². The first-order valence-corrected chi connectivity index (χ1v) is 6.48. The Kier molecular flexibility index (Phi) is 5.55. The number of alkyl halides is 3. The number of halogens is 3. The molecule has 1 rings (SSSR count). The predicted octanol–water partition coefficient (Wildman–Crippen LogP) is 3.24. The zero-order chi connectivity index (χ0) is 13.8. The molecule has 0 spiro atoms. The van der Waals surface area contributed by atoms with Gasteiger partial charge in [-0.3, -0.25) is 0 Å². The molecule has 2 atom stereocenters. The van der Waals surface area contributed by atoms with Crippen molar-refractivity contribution in [2.45, 2.75) is 38.1 Å². The van der Waals surface area contributed by atoms with E-state index in [0.717, 1.165) is 12.8 Å². The zero-order valence-corrected chi connectivity index (χ0v) is 11.4. The molecule has 0 bridgehead atoms. The first kappa shape index (κ1) is 15.4. The molecule has 1 aromatic heterocycles. The smallest absolute Gasteiger partial charge is 0.379 e. The van der Waals surface area contributed by atoms with Gasteiger partial charge in [0.25, 0.3) is 0 Å². The molecule has 104 valence electrons. The van der Waals surface area contributed by atoms with Crippen LogP contribution in [0.2, 0.25) is 0 Å². The molecular weight excluding hydrogens is 265 g/mol. The van der Waals surface area contributed by atoms with Gasteiger partial charge in [0, 0.05) is 18.2 Å². The van der Waals surface area contributed by atoms with Crippen LogP contribution in [0.15, 0.2) is 6.20 Å². The third kappa shape index (κ3) is 3.66. The standard InChI is InChI=1S/C11H17F3N2OS/c1-4-5-7(17-3)9(15-2)8-6-16-10(18-8)11(12,13)14/h6-7,9,15H,4-5H2,1-3H3. The minimum absolute atomic E-state index is 0.151. The number of likely N-dealkylation sites (N-methyl/N-ethyl adjacent to an activating group) is 1. The van der Waals surface area contributed by atoms with Gasteiger partial charge in [-0.15, -0.1) is 11.3 Å². The minimum atomic E-state index is -4.38. The summed E-state index contributed by atoms with van der Waals surface area (Å²) in [7, 11) is 3.27. The summed E-state index contributed by atoms with van der Waals surface area (Å²) in [5, 5.41) is 2.18. The molecule has 2 unspecified atom stereocenters. The molecule has 0 aliphatic heterocycles. The van der Waals surface area contributed by atoms with E-state index in [9.17, 15) is 13.2 Å². The Labute approximate surface area is 108 Å². The lowest BCUT2D eigenvalue weighted by Crippen LogP contribution is -2.30. The number of rotatable bonds is 6. The molecule has 18 heavy (non-hydrogen) atoms. The molecule has 3 nitrogen and oxygen atoms in total. The van der Waals surface area contributed by atoms with Crippen LogP contribution < -0.4 is 5.32 Å². The van der Waals surface area contributed by atoms with Crippen molar-refractivity contribution >= 4 is 11.3 Å². The van der Waals surface area contributed by atoms with Crippen LogP contribution >= 0.6 is 11.3 Å². The summed E-state index contributed by atoms with van der Waals surface area (Å²) in [5.74, 6) is 0. The largest absolute Gasteiger partial charge is 0.443 e. The SMILES string of the molecule is CCCC(OC)C(NC)c1cnc(C(F)(F)F)s1. The van der Waals surface area contributed by atoms with Crippen LogP contribution in [-0.2, 0) is 10.9 Å². The van der Waals surface area contributed by atoms with E-state index < -0.39 is 11.2 Å². The molecule has 1 heterocycles. The summed E-state index contributed by atoms with van der Waals surface area (Å²) in [4.78, 5) is 3.98. The van der Waals surface area contributed by atoms with E-state index in [0.29, 0.717) is 16.2 Å². The number of nitrogens with one attached hydrogen (secondary N) is 1. The average molecular weight is 282 g/mol. The Morgan fingerprint density at radius 2 is 2.17 bits per heavy atom. The van der Waals surface area contributed by atoms with Gasteiger partial charge in [0.1, 0.15) is 0 Å². The van der Waals surface area contributed by atoms with Crippen LogP contribution in [0.3, 0.4) is 0 Å². The Morgan fingerprint density at radius 3 is 2.56 bits per heavy atom. The quantitative estimate of drug-likeness (QED) is 0.869. The second-order valence-corrected chi connectivity index (χ2v) is 4.96. The molecule has 0 aliphatic rings. The van der Waals surface area contributed by atoms with Gasteiger partial charge < -0.3 is 10.1 Å². The highest BCUT2D eigenvalue weighted by atomic mass is 32.1. The molecule has 0 aromatic carbocycles. The number of nitrogens with zero attached hydrogens (tertiary/aromatic N) is 1. The fourth-order valence-corrected chi connectivity index (χ4v) is 2.72. The first-order chi connectivity index (χ1) is 8.43.